The molecule has 4 rings (SSSR count). The molecule has 0 saturated heterocycles. The molecule has 0 saturated carbocycles. The maximum absolute atomic E-state index is 12.4. The van der Waals surface area contributed by atoms with Crippen molar-refractivity contribution in [3.8, 4) is 11.1 Å². The number of hydrogen-bond acceptors (Lipinski definition) is 4. The Kier molecular flexibility index (Phi) is 3.57. The van der Waals surface area contributed by atoms with Crippen LogP contribution in [0.1, 0.15) is 23.5 Å². The molecule has 2 heterocycles. The van der Waals surface area contributed by atoms with E-state index in [0.717, 1.165) is 16.7 Å². The Bertz CT molecular complexity index is 1010. The van der Waals surface area contributed by atoms with Crippen LogP contribution in [0.3, 0.4) is 0 Å². The number of H-pyrrole nitrogens is 1. The molecule has 1 atom stereocenters. The van der Waals surface area contributed by atoms with Crippen LogP contribution in [0.25, 0.3) is 11.1 Å². The predicted molar refractivity (Wildman–Crippen MR) is 96.2 cm³/mol. The molecule has 1 unspecified atom stereocenters. The average Bonchev–Trinajstić information content (AvgIpc) is 2.61. The summed E-state index contributed by atoms with van der Waals surface area (Å²) in [4.78, 5) is 31.1. The molecule has 0 spiro atoms. The molecule has 3 aromatic rings. The van der Waals surface area contributed by atoms with Crippen LogP contribution >= 0.6 is 0 Å². The van der Waals surface area contributed by atoms with Crippen molar-refractivity contribution < 1.29 is 4.79 Å². The summed E-state index contributed by atoms with van der Waals surface area (Å²) in [6.07, 6.45) is 0.194. The summed E-state index contributed by atoms with van der Waals surface area (Å²) in [5.41, 5.74) is 8.72. The minimum Gasteiger partial charge on any atom is -0.369 e. The second-order valence-electron chi connectivity index (χ2n) is 6.01. The molecule has 124 valence electrons. The highest BCUT2D eigenvalue weighted by atomic mass is 16.2. The largest absolute Gasteiger partial charge is 0.369 e. The van der Waals surface area contributed by atoms with Crippen molar-refractivity contribution in [3.05, 3.63) is 76.1 Å². The number of aromatic amines is 1. The smallest absolute Gasteiger partial charge is 0.258 e. The average molecular weight is 332 g/mol. The molecule has 1 aliphatic heterocycles. The third-order valence-corrected chi connectivity index (χ3v) is 4.37. The third-order valence-electron chi connectivity index (χ3n) is 4.37. The number of nitrogens with zero attached hydrogens (tertiary/aromatic N) is 1. The van der Waals surface area contributed by atoms with Gasteiger partial charge in [0.25, 0.3) is 5.56 Å². The van der Waals surface area contributed by atoms with Crippen molar-refractivity contribution in [2.45, 2.75) is 12.3 Å². The number of rotatable bonds is 2. The minimum absolute atomic E-state index is 0.0114. The SMILES string of the molecule is Nc1nc2c(c(=O)[nH]1)C(c1cccc(-c3ccccc3)c1)CC(=O)N2. The Morgan fingerprint density at radius 1 is 1.00 bits per heavy atom. The Balaban J connectivity index is 1.84. The number of nitrogens with two attached hydrogens (primary N) is 1. The quantitative estimate of drug-likeness (QED) is 0.671. The zero-order chi connectivity index (χ0) is 17.4. The predicted octanol–water partition coefficient (Wildman–Crippen LogP) is 2.49. The molecule has 6 nitrogen and oxygen atoms in total. The van der Waals surface area contributed by atoms with Crippen molar-refractivity contribution in [2.24, 2.45) is 0 Å². The van der Waals surface area contributed by atoms with Gasteiger partial charge in [0.05, 0.1) is 5.56 Å². The van der Waals surface area contributed by atoms with Gasteiger partial charge in [-0.1, -0.05) is 54.6 Å². The van der Waals surface area contributed by atoms with E-state index in [9.17, 15) is 9.59 Å². The standard InChI is InChI=1S/C19H16N4O2/c20-19-22-17-16(18(25)23-19)14(10-15(24)21-17)13-8-4-7-12(9-13)11-5-2-1-3-6-11/h1-9,14H,10H2,(H4,20,21,22,23,24,25). The van der Waals surface area contributed by atoms with Gasteiger partial charge in [-0.15, -0.1) is 0 Å². The highest BCUT2D eigenvalue weighted by molar-refractivity contribution is 5.94. The van der Waals surface area contributed by atoms with E-state index in [-0.39, 0.29) is 35.6 Å². The maximum atomic E-state index is 12.4. The van der Waals surface area contributed by atoms with Crippen LogP contribution < -0.4 is 16.6 Å². The molecule has 25 heavy (non-hydrogen) atoms. The van der Waals surface area contributed by atoms with Gasteiger partial charge >= 0.3 is 0 Å². The highest BCUT2D eigenvalue weighted by Gasteiger charge is 2.30. The summed E-state index contributed by atoms with van der Waals surface area (Å²) in [5.74, 6) is -0.306. The fourth-order valence-corrected chi connectivity index (χ4v) is 3.24. The molecule has 0 fully saturated rings. The summed E-state index contributed by atoms with van der Waals surface area (Å²) >= 11 is 0. The first-order valence-electron chi connectivity index (χ1n) is 7.97. The molecule has 2 aromatic carbocycles. The van der Waals surface area contributed by atoms with E-state index in [1.54, 1.807) is 0 Å². The van der Waals surface area contributed by atoms with E-state index in [1.807, 2.05) is 54.6 Å². The van der Waals surface area contributed by atoms with Gasteiger partial charge in [-0.3, -0.25) is 14.6 Å². The van der Waals surface area contributed by atoms with Gasteiger partial charge < -0.3 is 11.1 Å². The number of anilines is 2. The van der Waals surface area contributed by atoms with Gasteiger partial charge in [0.15, 0.2) is 0 Å². The van der Waals surface area contributed by atoms with Crippen molar-refractivity contribution in [1.82, 2.24) is 9.97 Å². The number of amides is 1. The van der Waals surface area contributed by atoms with Gasteiger partial charge in [-0.05, 0) is 16.7 Å². The molecule has 1 aromatic heterocycles. The first-order chi connectivity index (χ1) is 12.1. The van der Waals surface area contributed by atoms with Crippen molar-refractivity contribution in [2.75, 3.05) is 11.1 Å². The summed E-state index contributed by atoms with van der Waals surface area (Å²) < 4.78 is 0. The molecule has 6 heteroatoms. The van der Waals surface area contributed by atoms with E-state index in [2.05, 4.69) is 15.3 Å². The lowest BCUT2D eigenvalue weighted by Gasteiger charge is -2.24. The minimum atomic E-state index is -0.357. The van der Waals surface area contributed by atoms with E-state index in [4.69, 9.17) is 5.73 Å². The Morgan fingerprint density at radius 3 is 2.56 bits per heavy atom. The number of hydrogen-bond donors (Lipinski definition) is 3. The van der Waals surface area contributed by atoms with Gasteiger partial charge in [0.2, 0.25) is 11.9 Å². The number of aromatic nitrogens is 2. The number of fused-ring (bicyclic) bond motifs is 1. The van der Waals surface area contributed by atoms with E-state index in [1.165, 1.54) is 0 Å². The number of nitrogens with one attached hydrogen (secondary N) is 2. The van der Waals surface area contributed by atoms with E-state index in [0.29, 0.717) is 5.56 Å². The Labute approximate surface area is 143 Å². The molecule has 0 aliphatic carbocycles. The normalized spacial score (nSPS) is 16.2. The summed E-state index contributed by atoms with van der Waals surface area (Å²) in [6.45, 7) is 0. The molecular formula is C19H16N4O2. The van der Waals surface area contributed by atoms with Gasteiger partial charge in [0, 0.05) is 12.3 Å². The van der Waals surface area contributed by atoms with Gasteiger partial charge in [0.1, 0.15) is 5.82 Å². The summed E-state index contributed by atoms with van der Waals surface area (Å²) in [5, 5.41) is 2.64. The topological polar surface area (TPSA) is 101 Å². The first kappa shape index (κ1) is 15.1. The van der Waals surface area contributed by atoms with Crippen LogP contribution in [0, 0.1) is 0 Å². The van der Waals surface area contributed by atoms with Gasteiger partial charge in [-0.25, -0.2) is 0 Å². The van der Waals surface area contributed by atoms with Crippen LogP contribution in [-0.2, 0) is 4.79 Å². The van der Waals surface area contributed by atoms with Gasteiger partial charge in [-0.2, -0.15) is 4.98 Å². The van der Waals surface area contributed by atoms with Crippen LogP contribution in [0.2, 0.25) is 0 Å². The number of benzene rings is 2. The summed E-state index contributed by atoms with van der Waals surface area (Å²) in [7, 11) is 0. The Morgan fingerprint density at radius 2 is 1.76 bits per heavy atom. The van der Waals surface area contributed by atoms with E-state index >= 15 is 0 Å². The van der Waals surface area contributed by atoms with Crippen LogP contribution in [0.5, 0.6) is 0 Å². The second-order valence-corrected chi connectivity index (χ2v) is 6.01. The fourth-order valence-electron chi connectivity index (χ4n) is 3.24. The van der Waals surface area contributed by atoms with Crippen LogP contribution in [-0.4, -0.2) is 15.9 Å². The molecule has 4 N–H and O–H groups in total. The second kappa shape index (κ2) is 5.90. The van der Waals surface area contributed by atoms with Crippen LogP contribution in [0.15, 0.2) is 59.4 Å². The first-order valence-corrected chi connectivity index (χ1v) is 7.97. The zero-order valence-electron chi connectivity index (χ0n) is 13.3. The van der Waals surface area contributed by atoms with Crippen molar-refractivity contribution in [3.63, 3.8) is 0 Å². The number of carbonyl (C=O) groups is 1. The highest BCUT2D eigenvalue weighted by Crippen LogP contribution is 2.35. The molecular weight excluding hydrogens is 316 g/mol. The Hall–Kier alpha value is -3.41. The van der Waals surface area contributed by atoms with Crippen molar-refractivity contribution in [1.29, 1.82) is 0 Å². The van der Waals surface area contributed by atoms with E-state index < -0.39 is 0 Å². The molecule has 0 bridgehead atoms. The zero-order valence-corrected chi connectivity index (χ0v) is 13.3. The van der Waals surface area contributed by atoms with Crippen molar-refractivity contribution >= 4 is 17.7 Å². The maximum Gasteiger partial charge on any atom is 0.258 e. The monoisotopic (exact) mass is 332 g/mol. The lowest BCUT2D eigenvalue weighted by Crippen LogP contribution is -2.31. The molecule has 0 radical (unpaired) electrons. The lowest BCUT2D eigenvalue weighted by atomic mass is 9.85. The summed E-state index contributed by atoms with van der Waals surface area (Å²) in [6, 6.07) is 17.8. The third kappa shape index (κ3) is 2.78. The molecule has 1 aliphatic rings. The molecule has 1 amide bonds. The van der Waals surface area contributed by atoms with Crippen LogP contribution in [0.4, 0.5) is 11.8 Å². The lowest BCUT2D eigenvalue weighted by molar-refractivity contribution is -0.116. The number of nitrogen functional groups attached to an aromatic ring is 1. The fraction of sp³-hybridized carbons (Fsp3) is 0.105. The number of carbonyl (C=O) groups excluding carboxylic acids is 1.